The Morgan fingerprint density at radius 1 is 1.17 bits per heavy atom. The molecule has 184 valence electrons. The second-order valence-corrected chi connectivity index (χ2v) is 10.2. The zero-order valence-corrected chi connectivity index (χ0v) is 20.6. The number of hydrogen-bond donors (Lipinski definition) is 1. The fourth-order valence-corrected chi connectivity index (χ4v) is 5.75. The van der Waals surface area contributed by atoms with Crippen LogP contribution in [0.1, 0.15) is 30.5 Å². The van der Waals surface area contributed by atoms with Crippen molar-refractivity contribution in [2.75, 3.05) is 6.61 Å². The lowest BCUT2D eigenvalue weighted by Crippen LogP contribution is -2.58. The third-order valence-electron chi connectivity index (χ3n) is 5.42. The Hall–Kier alpha value is -2.56. The van der Waals surface area contributed by atoms with E-state index in [1.807, 2.05) is 10.8 Å². The molecule has 2 aromatic heterocycles. The number of pyridine rings is 1. The molecule has 2 atom stereocenters. The van der Waals surface area contributed by atoms with Crippen molar-refractivity contribution in [2.45, 2.75) is 41.1 Å². The molecule has 0 spiro atoms. The lowest BCUT2D eigenvalue weighted by molar-refractivity contribution is -0.136. The van der Waals surface area contributed by atoms with Gasteiger partial charge in [0.1, 0.15) is 10.8 Å². The summed E-state index contributed by atoms with van der Waals surface area (Å²) in [6.45, 7) is -0.163. The molecule has 0 bridgehead atoms. The average molecular weight is 541 g/mol. The number of nitrogens with zero attached hydrogens (tertiary/aromatic N) is 1. The quantitative estimate of drug-likeness (QED) is 0.280. The summed E-state index contributed by atoms with van der Waals surface area (Å²) in [5.74, 6) is -0.646. The fraction of sp³-hybridized carbons (Fsp3) is 0.292. The van der Waals surface area contributed by atoms with E-state index in [1.165, 1.54) is 17.4 Å². The highest BCUT2D eigenvalue weighted by Crippen LogP contribution is 2.41. The molecule has 1 amide bonds. The summed E-state index contributed by atoms with van der Waals surface area (Å²) in [5, 5.41) is 6.12. The van der Waals surface area contributed by atoms with Gasteiger partial charge in [0.25, 0.3) is 0 Å². The first-order valence-corrected chi connectivity index (χ1v) is 12.8. The highest BCUT2D eigenvalue weighted by molar-refractivity contribution is 8.01. The number of aromatic nitrogens is 1. The van der Waals surface area contributed by atoms with Gasteiger partial charge in [-0.3, -0.25) is 9.59 Å². The molecule has 1 fully saturated rings. The van der Waals surface area contributed by atoms with Gasteiger partial charge in [0.2, 0.25) is 11.8 Å². The van der Waals surface area contributed by atoms with E-state index < -0.39 is 29.3 Å². The van der Waals surface area contributed by atoms with Gasteiger partial charge < -0.3 is 10.1 Å². The number of thioether (sulfide) groups is 1. The van der Waals surface area contributed by atoms with E-state index in [9.17, 15) is 22.8 Å². The zero-order valence-electron chi connectivity index (χ0n) is 18.2. The van der Waals surface area contributed by atoms with Gasteiger partial charge in [0.05, 0.1) is 17.3 Å². The van der Waals surface area contributed by atoms with Gasteiger partial charge >= 0.3 is 6.18 Å². The molecule has 1 saturated heterocycles. The lowest BCUT2D eigenvalue weighted by atomic mass is 9.79. The first kappa shape index (κ1) is 25.5. The van der Waals surface area contributed by atoms with Crippen LogP contribution in [0.15, 0.2) is 64.2 Å². The molecule has 0 saturated carbocycles. The number of carbonyl (C=O) groups is 2. The molecule has 1 aromatic carbocycles. The molecular weight excluding hydrogens is 521 g/mol. The van der Waals surface area contributed by atoms with Crippen LogP contribution in [0.4, 0.5) is 13.2 Å². The molecule has 4 rings (SSSR count). The number of hydrogen-bond acceptors (Lipinski definition) is 6. The van der Waals surface area contributed by atoms with Crippen molar-refractivity contribution in [3.8, 4) is 5.88 Å². The van der Waals surface area contributed by atoms with Gasteiger partial charge in [-0.2, -0.15) is 24.5 Å². The van der Waals surface area contributed by atoms with Crippen molar-refractivity contribution >= 4 is 46.4 Å². The van der Waals surface area contributed by atoms with Crippen LogP contribution in [0.5, 0.6) is 5.88 Å². The Kier molecular flexibility index (Phi) is 7.73. The summed E-state index contributed by atoms with van der Waals surface area (Å²) in [4.78, 5) is 31.6. The number of piperidine rings is 1. The molecular formula is C24H20ClF3N2O3S2. The van der Waals surface area contributed by atoms with Gasteiger partial charge in [-0.05, 0) is 47.0 Å². The van der Waals surface area contributed by atoms with Crippen LogP contribution in [0.3, 0.4) is 0 Å². The van der Waals surface area contributed by atoms with Crippen LogP contribution in [0.25, 0.3) is 0 Å². The minimum Gasteiger partial charge on any atom is -0.478 e. The number of thiophene rings is 1. The van der Waals surface area contributed by atoms with Gasteiger partial charge in [0.15, 0.2) is 5.78 Å². The molecule has 2 unspecified atom stereocenters. The van der Waals surface area contributed by atoms with E-state index >= 15 is 0 Å². The molecule has 5 nitrogen and oxygen atoms in total. The number of carbonyl (C=O) groups excluding carboxylic acids is 2. The summed E-state index contributed by atoms with van der Waals surface area (Å²) in [6.07, 6.45) is -5.48. The Morgan fingerprint density at radius 3 is 2.66 bits per heavy atom. The van der Waals surface area contributed by atoms with Crippen LogP contribution >= 0.6 is 34.7 Å². The third-order valence-corrected chi connectivity index (χ3v) is 7.86. The zero-order chi connectivity index (χ0) is 25.1. The van der Waals surface area contributed by atoms with E-state index in [1.54, 1.807) is 42.5 Å². The normalized spacial score (nSPS) is 20.5. The number of amides is 1. The van der Waals surface area contributed by atoms with Crippen molar-refractivity contribution in [3.05, 3.63) is 75.6 Å². The van der Waals surface area contributed by atoms with Crippen LogP contribution < -0.4 is 10.1 Å². The maximum Gasteiger partial charge on any atom is 0.389 e. The number of ether oxygens (including phenoxy) is 1. The molecule has 1 N–H and O–H groups in total. The topological polar surface area (TPSA) is 68.3 Å². The van der Waals surface area contributed by atoms with Crippen molar-refractivity contribution in [2.24, 2.45) is 0 Å². The van der Waals surface area contributed by atoms with Crippen LogP contribution in [0.2, 0.25) is 5.02 Å². The summed E-state index contributed by atoms with van der Waals surface area (Å²) in [5.41, 5.74) is -0.170. The molecule has 11 heteroatoms. The molecule has 1 aliphatic rings. The summed E-state index contributed by atoms with van der Waals surface area (Å²) >= 11 is 8.72. The smallest absolute Gasteiger partial charge is 0.389 e. The highest BCUT2D eigenvalue weighted by Gasteiger charge is 2.48. The number of halogens is 4. The summed E-state index contributed by atoms with van der Waals surface area (Å²) in [7, 11) is 0. The summed E-state index contributed by atoms with van der Waals surface area (Å²) in [6, 6.07) is 13.6. The Balaban J connectivity index is 1.58. The highest BCUT2D eigenvalue weighted by atomic mass is 35.5. The van der Waals surface area contributed by atoms with Crippen molar-refractivity contribution in [1.82, 2.24) is 10.3 Å². The van der Waals surface area contributed by atoms with Crippen molar-refractivity contribution in [1.29, 1.82) is 0 Å². The maximum atomic E-state index is 13.3. The van der Waals surface area contributed by atoms with Gasteiger partial charge in [-0.15, -0.1) is 11.8 Å². The molecule has 1 aliphatic heterocycles. The lowest BCUT2D eigenvalue weighted by Gasteiger charge is -2.39. The van der Waals surface area contributed by atoms with E-state index in [0.29, 0.717) is 21.2 Å². The monoisotopic (exact) mass is 540 g/mol. The summed E-state index contributed by atoms with van der Waals surface area (Å²) < 4.78 is 42.7. The number of benzene rings is 1. The minimum absolute atomic E-state index is 0.0535. The number of alkyl halides is 3. The van der Waals surface area contributed by atoms with Crippen LogP contribution in [-0.4, -0.2) is 34.7 Å². The van der Waals surface area contributed by atoms with Gasteiger partial charge in [-0.1, -0.05) is 29.8 Å². The van der Waals surface area contributed by atoms with E-state index in [-0.39, 0.29) is 31.1 Å². The second-order valence-electron chi connectivity index (χ2n) is 7.91. The van der Waals surface area contributed by atoms with Gasteiger partial charge in [0, 0.05) is 23.8 Å². The Bertz CT molecular complexity index is 1190. The minimum atomic E-state index is -4.26. The molecule has 35 heavy (non-hydrogen) atoms. The first-order valence-electron chi connectivity index (χ1n) is 10.6. The largest absolute Gasteiger partial charge is 0.478 e. The maximum absolute atomic E-state index is 13.3. The number of nitrogens with one attached hydrogen (secondary N) is 1. The first-order chi connectivity index (χ1) is 16.7. The number of rotatable bonds is 8. The second kappa shape index (κ2) is 10.6. The molecule has 3 heterocycles. The van der Waals surface area contributed by atoms with Crippen molar-refractivity contribution < 1.29 is 27.5 Å². The van der Waals surface area contributed by atoms with Crippen LogP contribution in [0, 0.1) is 0 Å². The molecule has 3 aromatic rings. The molecule has 0 aliphatic carbocycles. The van der Waals surface area contributed by atoms with E-state index in [2.05, 4.69) is 10.3 Å². The van der Waals surface area contributed by atoms with Crippen molar-refractivity contribution in [3.63, 3.8) is 0 Å². The number of Topliss-reactive ketones (excluding diaryl/α,β-unsaturated/α-hetero) is 1. The SMILES string of the molecule is O=C1CC(c2ccsc2)(c2cccc(OCCCC(F)(F)F)n2)NC(=O)C1Sc1ccccc1Cl. The predicted octanol–water partition coefficient (Wildman–Crippen LogP) is 6.01. The van der Waals surface area contributed by atoms with Crippen LogP contribution in [-0.2, 0) is 15.1 Å². The standard InChI is InChI=1S/C24H20ClF3N2O3S2/c25-16-5-1-2-6-18(16)35-21-17(31)13-23(30-22(21)32,15-9-12-34-14-15)19-7-3-8-20(29-19)33-11-4-10-24(26,27)28/h1-3,5-9,12,14,21H,4,10-11,13H2,(H,30,32). The predicted molar refractivity (Wildman–Crippen MR) is 129 cm³/mol. The Morgan fingerprint density at radius 2 is 1.97 bits per heavy atom. The third kappa shape index (κ3) is 5.99. The van der Waals surface area contributed by atoms with E-state index in [0.717, 1.165) is 11.8 Å². The Labute approximate surface area is 213 Å². The fourth-order valence-electron chi connectivity index (χ4n) is 3.77. The number of ketones is 1. The molecule has 0 radical (unpaired) electrons. The van der Waals surface area contributed by atoms with E-state index in [4.69, 9.17) is 16.3 Å². The average Bonchev–Trinajstić information content (AvgIpc) is 3.35. The van der Waals surface area contributed by atoms with Gasteiger partial charge in [-0.25, -0.2) is 4.98 Å².